The summed E-state index contributed by atoms with van der Waals surface area (Å²) in [5.41, 5.74) is 1.88. The Labute approximate surface area is 139 Å². The van der Waals surface area contributed by atoms with Crippen LogP contribution in [-0.2, 0) is 4.79 Å². The Morgan fingerprint density at radius 1 is 1.29 bits per heavy atom. The summed E-state index contributed by atoms with van der Waals surface area (Å²) in [7, 11) is 1.60. The van der Waals surface area contributed by atoms with Gasteiger partial charge < -0.3 is 14.7 Å². The van der Waals surface area contributed by atoms with Gasteiger partial charge in [-0.1, -0.05) is 6.92 Å². The van der Waals surface area contributed by atoms with Gasteiger partial charge in [-0.2, -0.15) is 5.10 Å². The van der Waals surface area contributed by atoms with Crippen LogP contribution in [0.2, 0.25) is 0 Å². The molecule has 7 nitrogen and oxygen atoms in total. The number of aliphatic carboxylic acids is 1. The highest BCUT2D eigenvalue weighted by Crippen LogP contribution is 2.26. The molecule has 0 bridgehead atoms. The van der Waals surface area contributed by atoms with E-state index in [1.54, 1.807) is 18.1 Å². The van der Waals surface area contributed by atoms with Crippen LogP contribution >= 0.6 is 0 Å². The zero-order valence-electron chi connectivity index (χ0n) is 13.5. The zero-order chi connectivity index (χ0) is 17.3. The van der Waals surface area contributed by atoms with E-state index in [-0.39, 0.29) is 18.4 Å². The smallest absolute Gasteiger partial charge is 0.308 e. The number of nitrogens with zero attached hydrogens (tertiary/aromatic N) is 2. The normalized spacial score (nSPS) is 20.2. The average Bonchev–Trinajstić information content (AvgIpc) is 3.21. The Kier molecular flexibility index (Phi) is 4.24. The van der Waals surface area contributed by atoms with Crippen molar-refractivity contribution < 1.29 is 19.4 Å². The molecule has 0 unspecified atom stereocenters. The molecule has 2 heterocycles. The fourth-order valence-corrected chi connectivity index (χ4v) is 2.97. The lowest BCUT2D eigenvalue weighted by molar-refractivity contribution is -0.142. The number of amides is 1. The van der Waals surface area contributed by atoms with Gasteiger partial charge in [0.2, 0.25) is 0 Å². The maximum Gasteiger partial charge on any atom is 0.308 e. The van der Waals surface area contributed by atoms with Crippen molar-refractivity contribution in [3.63, 3.8) is 0 Å². The molecule has 0 saturated carbocycles. The number of aromatic nitrogens is 2. The summed E-state index contributed by atoms with van der Waals surface area (Å²) in [6.45, 7) is 2.51. The fourth-order valence-electron chi connectivity index (χ4n) is 2.97. The van der Waals surface area contributed by atoms with E-state index >= 15 is 0 Å². The van der Waals surface area contributed by atoms with Crippen LogP contribution in [0.15, 0.2) is 30.3 Å². The molecule has 1 fully saturated rings. The number of hydrogen-bond donors (Lipinski definition) is 2. The van der Waals surface area contributed by atoms with E-state index < -0.39 is 11.9 Å². The SMILES string of the molecule is COc1ccc(-c2cc(C(=O)N3C[C@@H](C)[C@H](C(=O)O)C3)[nH]n2)cc1. The molecule has 24 heavy (non-hydrogen) atoms. The lowest BCUT2D eigenvalue weighted by atomic mass is 9.99. The number of nitrogens with one attached hydrogen (secondary N) is 1. The highest BCUT2D eigenvalue weighted by molar-refractivity contribution is 5.94. The van der Waals surface area contributed by atoms with Crippen molar-refractivity contribution >= 4 is 11.9 Å². The van der Waals surface area contributed by atoms with Crippen molar-refractivity contribution in [1.82, 2.24) is 15.1 Å². The van der Waals surface area contributed by atoms with Crippen LogP contribution in [0.1, 0.15) is 17.4 Å². The number of ether oxygens (including phenoxy) is 1. The van der Waals surface area contributed by atoms with E-state index in [9.17, 15) is 14.7 Å². The van der Waals surface area contributed by atoms with E-state index in [4.69, 9.17) is 4.74 Å². The first kappa shape index (κ1) is 16.0. The molecule has 0 radical (unpaired) electrons. The minimum absolute atomic E-state index is 0.0598. The third-order valence-electron chi connectivity index (χ3n) is 4.41. The van der Waals surface area contributed by atoms with Crippen LogP contribution < -0.4 is 4.74 Å². The Balaban J connectivity index is 1.75. The molecule has 7 heteroatoms. The van der Waals surface area contributed by atoms with E-state index in [0.717, 1.165) is 11.3 Å². The number of methoxy groups -OCH3 is 1. The van der Waals surface area contributed by atoms with E-state index in [2.05, 4.69) is 10.2 Å². The first-order chi connectivity index (χ1) is 11.5. The van der Waals surface area contributed by atoms with E-state index in [0.29, 0.717) is 17.9 Å². The summed E-state index contributed by atoms with van der Waals surface area (Å²) < 4.78 is 5.12. The first-order valence-electron chi connectivity index (χ1n) is 7.71. The third kappa shape index (κ3) is 2.97. The number of benzene rings is 1. The number of carboxylic acid groups (broad SMARTS) is 1. The lowest BCUT2D eigenvalue weighted by Crippen LogP contribution is -2.30. The Morgan fingerprint density at radius 3 is 2.58 bits per heavy atom. The van der Waals surface area contributed by atoms with Crippen molar-refractivity contribution in [3.05, 3.63) is 36.0 Å². The Hall–Kier alpha value is -2.83. The van der Waals surface area contributed by atoms with Gasteiger partial charge in [0.25, 0.3) is 5.91 Å². The van der Waals surface area contributed by atoms with Crippen LogP contribution in [0.4, 0.5) is 0 Å². The summed E-state index contributed by atoms with van der Waals surface area (Å²) in [5, 5.41) is 16.1. The molecule has 2 N–H and O–H groups in total. The minimum atomic E-state index is -0.860. The molecule has 1 aromatic heterocycles. The fraction of sp³-hybridized carbons (Fsp3) is 0.353. The zero-order valence-corrected chi connectivity index (χ0v) is 13.5. The molecular weight excluding hydrogens is 310 g/mol. The second-order valence-corrected chi connectivity index (χ2v) is 6.03. The van der Waals surface area contributed by atoms with Crippen LogP contribution in [0.25, 0.3) is 11.3 Å². The second-order valence-electron chi connectivity index (χ2n) is 6.03. The summed E-state index contributed by atoms with van der Waals surface area (Å²) in [6.07, 6.45) is 0. The van der Waals surface area contributed by atoms with Crippen LogP contribution in [0.5, 0.6) is 5.75 Å². The molecule has 1 aromatic carbocycles. The van der Waals surface area contributed by atoms with Crippen molar-refractivity contribution in [1.29, 1.82) is 0 Å². The largest absolute Gasteiger partial charge is 0.497 e. The van der Waals surface area contributed by atoms with Crippen molar-refractivity contribution in [2.75, 3.05) is 20.2 Å². The summed E-state index contributed by atoms with van der Waals surface area (Å²) in [6, 6.07) is 9.06. The summed E-state index contributed by atoms with van der Waals surface area (Å²) in [4.78, 5) is 25.3. The van der Waals surface area contributed by atoms with Crippen molar-refractivity contribution in [2.45, 2.75) is 6.92 Å². The standard InChI is InChI=1S/C17H19N3O4/c1-10-8-20(9-13(10)17(22)23)16(21)15-7-14(18-19-15)11-3-5-12(24-2)6-4-11/h3-7,10,13H,8-9H2,1-2H3,(H,18,19)(H,22,23)/t10-,13-/m1/s1. The highest BCUT2D eigenvalue weighted by Gasteiger charge is 2.37. The van der Waals surface area contributed by atoms with Crippen molar-refractivity contribution in [2.24, 2.45) is 11.8 Å². The predicted octanol–water partition coefficient (Wildman–Crippen LogP) is 1.88. The quantitative estimate of drug-likeness (QED) is 0.893. The molecular formula is C17H19N3O4. The van der Waals surface area contributed by atoms with E-state index in [1.165, 1.54) is 0 Å². The van der Waals surface area contributed by atoms with Gasteiger partial charge >= 0.3 is 5.97 Å². The molecule has 2 aromatic rings. The molecule has 2 atom stereocenters. The molecule has 1 amide bonds. The number of aromatic amines is 1. The van der Waals surface area contributed by atoms with Crippen LogP contribution in [0, 0.1) is 11.8 Å². The molecule has 0 aliphatic carbocycles. The van der Waals surface area contributed by atoms with Gasteiger partial charge in [0.1, 0.15) is 11.4 Å². The summed E-state index contributed by atoms with van der Waals surface area (Å²) >= 11 is 0. The van der Waals surface area contributed by atoms with Gasteiger partial charge in [-0.3, -0.25) is 14.7 Å². The topological polar surface area (TPSA) is 95.5 Å². The number of likely N-dealkylation sites (tertiary alicyclic amines) is 1. The number of H-pyrrole nitrogens is 1. The van der Waals surface area contributed by atoms with Crippen LogP contribution in [-0.4, -0.2) is 52.3 Å². The van der Waals surface area contributed by atoms with Crippen LogP contribution in [0.3, 0.4) is 0 Å². The molecule has 126 valence electrons. The van der Waals surface area contributed by atoms with Gasteiger partial charge in [-0.15, -0.1) is 0 Å². The summed E-state index contributed by atoms with van der Waals surface area (Å²) in [5.74, 6) is -0.913. The van der Waals surface area contributed by atoms with Gasteiger partial charge in [0, 0.05) is 18.7 Å². The van der Waals surface area contributed by atoms with Gasteiger partial charge in [-0.25, -0.2) is 0 Å². The Bertz CT molecular complexity index is 753. The molecule has 1 aliphatic rings. The van der Waals surface area contributed by atoms with Crippen molar-refractivity contribution in [3.8, 4) is 17.0 Å². The molecule has 1 aliphatic heterocycles. The maximum atomic E-state index is 12.5. The number of hydrogen-bond acceptors (Lipinski definition) is 4. The van der Waals surface area contributed by atoms with Gasteiger partial charge in [-0.05, 0) is 36.2 Å². The predicted molar refractivity (Wildman–Crippen MR) is 86.8 cm³/mol. The number of rotatable bonds is 4. The highest BCUT2D eigenvalue weighted by atomic mass is 16.5. The Morgan fingerprint density at radius 2 is 2.00 bits per heavy atom. The lowest BCUT2D eigenvalue weighted by Gasteiger charge is -2.14. The first-order valence-corrected chi connectivity index (χ1v) is 7.71. The molecule has 1 saturated heterocycles. The third-order valence-corrected chi connectivity index (χ3v) is 4.41. The average molecular weight is 329 g/mol. The van der Waals surface area contributed by atoms with E-state index in [1.807, 2.05) is 31.2 Å². The molecule has 0 spiro atoms. The van der Waals surface area contributed by atoms with Gasteiger partial charge in [0.05, 0.1) is 18.7 Å². The minimum Gasteiger partial charge on any atom is -0.497 e. The number of carbonyl (C=O) groups is 2. The second kappa shape index (κ2) is 6.35. The molecule has 3 rings (SSSR count). The monoisotopic (exact) mass is 329 g/mol. The number of carbonyl (C=O) groups excluding carboxylic acids is 1. The number of carboxylic acids is 1. The maximum absolute atomic E-state index is 12.5. The van der Waals surface area contributed by atoms with Gasteiger partial charge in [0.15, 0.2) is 0 Å².